The van der Waals surface area contributed by atoms with Crippen LogP contribution >= 0.6 is 11.8 Å². The normalized spacial score (nSPS) is 16.5. The monoisotopic (exact) mass is 539 g/mol. The summed E-state index contributed by atoms with van der Waals surface area (Å²) >= 11 is 1.38. The van der Waals surface area contributed by atoms with E-state index >= 15 is 0 Å². The molecule has 38 heavy (non-hydrogen) atoms. The molecule has 1 heterocycles. The Labute approximate surface area is 226 Å². The largest absolute Gasteiger partial charge is 0.475 e. The van der Waals surface area contributed by atoms with Gasteiger partial charge >= 0.3 is 5.97 Å². The van der Waals surface area contributed by atoms with E-state index in [1.54, 1.807) is 30.3 Å². The lowest BCUT2D eigenvalue weighted by atomic mass is 10.0. The molecule has 3 atom stereocenters. The molecule has 0 radical (unpaired) electrons. The number of carboxylic acids is 1. The molecule has 0 spiro atoms. The molecule has 0 aromatic heterocycles. The molecule has 1 saturated heterocycles. The minimum atomic E-state index is -1.64. The molecule has 3 N–H and O–H groups in total. The zero-order valence-corrected chi connectivity index (χ0v) is 22.3. The molecule has 0 saturated carbocycles. The van der Waals surface area contributed by atoms with Crippen molar-refractivity contribution in [3.05, 3.63) is 71.8 Å². The fourth-order valence-electron chi connectivity index (χ4n) is 4.19. The number of hydrogen-bond acceptors (Lipinski definition) is 6. The first-order valence-electron chi connectivity index (χ1n) is 12.5. The van der Waals surface area contributed by atoms with Gasteiger partial charge in [0.05, 0.1) is 5.88 Å². The summed E-state index contributed by atoms with van der Waals surface area (Å²) in [5, 5.41) is 14.7. The van der Waals surface area contributed by atoms with Crippen molar-refractivity contribution >= 4 is 41.2 Å². The topological polar surface area (TPSA) is 133 Å². The molecule has 0 bridgehead atoms. The summed E-state index contributed by atoms with van der Waals surface area (Å²) in [5.74, 6) is -3.70. The first-order chi connectivity index (χ1) is 18.2. The van der Waals surface area contributed by atoms with E-state index in [-0.39, 0.29) is 36.5 Å². The van der Waals surface area contributed by atoms with E-state index in [4.69, 9.17) is 0 Å². The van der Waals surface area contributed by atoms with Gasteiger partial charge in [0.15, 0.2) is 0 Å². The van der Waals surface area contributed by atoms with E-state index in [1.807, 2.05) is 44.2 Å². The minimum Gasteiger partial charge on any atom is -0.475 e. The molecule has 0 unspecified atom stereocenters. The summed E-state index contributed by atoms with van der Waals surface area (Å²) in [6, 6.07) is 15.4. The zero-order valence-electron chi connectivity index (χ0n) is 21.5. The molecule has 1 fully saturated rings. The average molecular weight is 540 g/mol. The average Bonchev–Trinajstić information content (AvgIpc) is 3.40. The first-order valence-corrected chi connectivity index (χ1v) is 13.7. The third-order valence-corrected chi connectivity index (χ3v) is 7.34. The summed E-state index contributed by atoms with van der Waals surface area (Å²) in [6.07, 6.45) is 0.770. The lowest BCUT2D eigenvalue weighted by Crippen LogP contribution is -2.57. The van der Waals surface area contributed by atoms with E-state index < -0.39 is 35.8 Å². The number of aryl methyl sites for hydroxylation is 1. The van der Waals surface area contributed by atoms with Gasteiger partial charge in [0, 0.05) is 18.6 Å². The lowest BCUT2D eigenvalue weighted by Gasteiger charge is -2.30. The van der Waals surface area contributed by atoms with Crippen LogP contribution in [0.15, 0.2) is 60.7 Å². The Morgan fingerprint density at radius 2 is 1.55 bits per heavy atom. The number of aliphatic carboxylic acids is 1. The van der Waals surface area contributed by atoms with Gasteiger partial charge in [0.1, 0.15) is 18.1 Å². The van der Waals surface area contributed by atoms with Crippen LogP contribution in [0.25, 0.3) is 0 Å². The van der Waals surface area contributed by atoms with Crippen LogP contribution in [-0.2, 0) is 36.8 Å². The van der Waals surface area contributed by atoms with Gasteiger partial charge in [-0.1, -0.05) is 74.5 Å². The van der Waals surface area contributed by atoms with Crippen LogP contribution < -0.4 is 10.6 Å². The Morgan fingerprint density at radius 1 is 0.947 bits per heavy atom. The number of nitrogens with one attached hydrogen (secondary N) is 2. The maximum Gasteiger partial charge on any atom is 0.374 e. The molecule has 0 aliphatic carbocycles. The summed E-state index contributed by atoms with van der Waals surface area (Å²) in [5.41, 5.74) is 1.71. The predicted octanol–water partition coefficient (Wildman–Crippen LogP) is 2.04. The summed E-state index contributed by atoms with van der Waals surface area (Å²) in [6.45, 7) is 3.64. The van der Waals surface area contributed by atoms with E-state index in [0.29, 0.717) is 17.7 Å². The van der Waals surface area contributed by atoms with Crippen LogP contribution in [0.5, 0.6) is 0 Å². The summed E-state index contributed by atoms with van der Waals surface area (Å²) in [7, 11) is 0. The Balaban J connectivity index is 1.67. The highest BCUT2D eigenvalue weighted by molar-refractivity contribution is 7.99. The van der Waals surface area contributed by atoms with Crippen molar-refractivity contribution in [3.8, 4) is 0 Å². The van der Waals surface area contributed by atoms with Crippen molar-refractivity contribution in [2.75, 3.05) is 11.6 Å². The molecule has 1 aliphatic rings. The van der Waals surface area contributed by atoms with E-state index in [9.17, 15) is 29.1 Å². The van der Waals surface area contributed by atoms with Gasteiger partial charge in [-0.3, -0.25) is 19.2 Å². The lowest BCUT2D eigenvalue weighted by molar-refractivity contribution is -0.150. The number of ketones is 1. The number of carbonyl (C=O) groups excluding carboxylic acids is 4. The van der Waals surface area contributed by atoms with Crippen LogP contribution in [0.4, 0.5) is 0 Å². The highest BCUT2D eigenvalue weighted by atomic mass is 32.2. The van der Waals surface area contributed by atoms with Gasteiger partial charge in [0.25, 0.3) is 5.78 Å². The molecule has 1 aliphatic heterocycles. The van der Waals surface area contributed by atoms with Crippen molar-refractivity contribution in [2.24, 2.45) is 5.92 Å². The Bertz CT molecular complexity index is 1140. The SMILES string of the molecule is CC(C)[C@H](NC(=O)CCc1ccccc1)C(=O)N1CSC[C@H]1C(=O)N[C@@H](Cc1ccccc1)C(=O)C(=O)O. The van der Waals surface area contributed by atoms with Crippen LogP contribution in [0, 0.1) is 5.92 Å². The standard InChI is InChI=1S/C28H33N3O6S/c1-18(2)24(30-23(32)14-13-19-9-5-3-6-10-19)27(35)31-17-38-16-22(31)26(34)29-21(25(33)28(36)37)15-20-11-7-4-8-12-20/h3-12,18,21-22,24H,13-17H2,1-2H3,(H,29,34)(H,30,32)(H,36,37)/t21-,22-,24-/m0/s1. The van der Waals surface area contributed by atoms with Crippen molar-refractivity contribution < 1.29 is 29.1 Å². The predicted molar refractivity (Wildman–Crippen MR) is 144 cm³/mol. The van der Waals surface area contributed by atoms with Gasteiger partial charge in [-0.15, -0.1) is 11.8 Å². The quantitative estimate of drug-likeness (QED) is 0.352. The van der Waals surface area contributed by atoms with Crippen LogP contribution in [0.2, 0.25) is 0 Å². The Kier molecular flexibility index (Phi) is 10.5. The van der Waals surface area contributed by atoms with Gasteiger partial charge in [0.2, 0.25) is 17.7 Å². The number of carboxylic acid groups (broad SMARTS) is 1. The van der Waals surface area contributed by atoms with Crippen LogP contribution in [0.1, 0.15) is 31.4 Å². The Morgan fingerprint density at radius 3 is 2.13 bits per heavy atom. The molecule has 2 aromatic rings. The highest BCUT2D eigenvalue weighted by Crippen LogP contribution is 2.24. The maximum atomic E-state index is 13.5. The molecule has 3 amide bonds. The van der Waals surface area contributed by atoms with Gasteiger partial charge in [-0.05, 0) is 23.5 Å². The third kappa shape index (κ3) is 7.92. The summed E-state index contributed by atoms with van der Waals surface area (Å²) in [4.78, 5) is 64.5. The van der Waals surface area contributed by atoms with Crippen LogP contribution in [-0.4, -0.2) is 69.2 Å². The number of carbonyl (C=O) groups is 5. The first kappa shape index (κ1) is 28.9. The van der Waals surface area contributed by atoms with E-state index in [2.05, 4.69) is 10.6 Å². The Hall–Kier alpha value is -3.66. The number of rotatable bonds is 12. The van der Waals surface area contributed by atoms with E-state index in [0.717, 1.165) is 5.56 Å². The number of thioether (sulfide) groups is 1. The van der Waals surface area contributed by atoms with Gasteiger partial charge in [-0.25, -0.2) is 4.79 Å². The second-order valence-corrected chi connectivity index (χ2v) is 10.5. The highest BCUT2D eigenvalue weighted by Gasteiger charge is 2.40. The molecular formula is C28H33N3O6S. The fourth-order valence-corrected chi connectivity index (χ4v) is 5.36. The number of amides is 3. The van der Waals surface area contributed by atoms with Crippen molar-refractivity contribution in [1.29, 1.82) is 0 Å². The third-order valence-electron chi connectivity index (χ3n) is 6.33. The molecule has 3 rings (SSSR count). The van der Waals surface area contributed by atoms with Crippen LogP contribution in [0.3, 0.4) is 0 Å². The number of Topliss-reactive ketones (excluding diaryl/α,β-unsaturated/α-hetero) is 1. The minimum absolute atomic E-state index is 0.0115. The van der Waals surface area contributed by atoms with Gasteiger partial charge in [-0.2, -0.15) is 0 Å². The number of hydrogen-bond donors (Lipinski definition) is 3. The molecular weight excluding hydrogens is 506 g/mol. The van der Waals surface area contributed by atoms with Gasteiger partial charge < -0.3 is 20.6 Å². The molecule has 9 nitrogen and oxygen atoms in total. The zero-order chi connectivity index (χ0) is 27.7. The number of nitrogens with zero attached hydrogens (tertiary/aromatic N) is 1. The van der Waals surface area contributed by atoms with Crippen molar-refractivity contribution in [2.45, 2.75) is 51.2 Å². The van der Waals surface area contributed by atoms with Crippen molar-refractivity contribution in [1.82, 2.24) is 15.5 Å². The second kappa shape index (κ2) is 13.8. The molecule has 2 aromatic carbocycles. The fraction of sp³-hybridized carbons (Fsp3) is 0.393. The molecule has 10 heteroatoms. The second-order valence-electron chi connectivity index (χ2n) is 9.52. The number of benzene rings is 2. The van der Waals surface area contributed by atoms with E-state index in [1.165, 1.54) is 16.7 Å². The maximum absolute atomic E-state index is 13.5. The summed E-state index contributed by atoms with van der Waals surface area (Å²) < 4.78 is 0. The van der Waals surface area contributed by atoms with Crippen molar-refractivity contribution in [3.63, 3.8) is 0 Å². The molecule has 202 valence electrons. The smallest absolute Gasteiger partial charge is 0.374 e.